The van der Waals surface area contributed by atoms with Crippen LogP contribution in [0.3, 0.4) is 0 Å². The summed E-state index contributed by atoms with van der Waals surface area (Å²) in [5.74, 6) is -3.39. The highest BCUT2D eigenvalue weighted by Gasteiger charge is 2.29. The predicted molar refractivity (Wildman–Crippen MR) is 82.5 cm³/mol. The monoisotopic (exact) mass is 362 g/mol. The van der Waals surface area contributed by atoms with Gasteiger partial charge in [0.15, 0.2) is 22.5 Å². The lowest BCUT2D eigenvalue weighted by atomic mass is 10.1. The van der Waals surface area contributed by atoms with Gasteiger partial charge in [-0.2, -0.15) is 13.2 Å². The highest BCUT2D eigenvalue weighted by molar-refractivity contribution is 7.80. The molecule has 2 aromatic carbocycles. The van der Waals surface area contributed by atoms with Gasteiger partial charge in [0.1, 0.15) is 0 Å². The van der Waals surface area contributed by atoms with Gasteiger partial charge < -0.3 is 15.7 Å². The average Bonchev–Trinajstić information content (AvgIpc) is 2.50. The smallest absolute Gasteiger partial charge is 0.416 e. The Morgan fingerprint density at radius 2 is 1.58 bits per heavy atom. The number of anilines is 1. The second kappa shape index (κ2) is 7.00. The molecule has 0 bridgehead atoms. The lowest BCUT2D eigenvalue weighted by molar-refractivity contribution is -0.137. The van der Waals surface area contributed by atoms with Crippen LogP contribution in [0.25, 0.3) is 0 Å². The standard InChI is InChI=1S/C15H11F5N2OS/c16-11-5-10(6-12(17)13(11)23)22-14(24)21-7-8-1-3-9(4-2-8)15(18,19)20/h1-6,23H,7H2,(H2,21,22,24). The summed E-state index contributed by atoms with van der Waals surface area (Å²) in [6.45, 7) is 0.118. The number of hydrogen-bond donors (Lipinski definition) is 3. The third-order valence-electron chi connectivity index (χ3n) is 3.01. The Labute approximate surface area is 139 Å². The molecule has 0 unspecified atom stereocenters. The van der Waals surface area contributed by atoms with E-state index < -0.39 is 29.1 Å². The van der Waals surface area contributed by atoms with Crippen molar-refractivity contribution in [2.45, 2.75) is 12.7 Å². The van der Waals surface area contributed by atoms with E-state index in [1.807, 2.05) is 0 Å². The molecule has 0 spiro atoms. The molecule has 128 valence electrons. The van der Waals surface area contributed by atoms with Crippen molar-refractivity contribution in [2.24, 2.45) is 0 Å². The number of benzene rings is 2. The number of phenols is 1. The summed E-state index contributed by atoms with van der Waals surface area (Å²) in [6.07, 6.45) is -4.41. The fourth-order valence-electron chi connectivity index (χ4n) is 1.81. The number of phenolic OH excluding ortho intramolecular Hbond substituents is 1. The van der Waals surface area contributed by atoms with E-state index in [1.165, 1.54) is 12.1 Å². The van der Waals surface area contributed by atoms with E-state index in [0.29, 0.717) is 5.56 Å². The number of thiocarbonyl (C=S) groups is 1. The van der Waals surface area contributed by atoms with Crippen molar-refractivity contribution in [3.05, 3.63) is 59.2 Å². The summed E-state index contributed by atoms with van der Waals surface area (Å²) in [5.41, 5.74) is -0.245. The van der Waals surface area contributed by atoms with Gasteiger partial charge in [-0.3, -0.25) is 0 Å². The number of hydrogen-bond acceptors (Lipinski definition) is 2. The summed E-state index contributed by atoms with van der Waals surface area (Å²) in [6, 6.07) is 6.17. The maximum atomic E-state index is 13.2. The summed E-state index contributed by atoms with van der Waals surface area (Å²) in [7, 11) is 0. The van der Waals surface area contributed by atoms with E-state index in [9.17, 15) is 22.0 Å². The normalized spacial score (nSPS) is 11.2. The Balaban J connectivity index is 1.94. The van der Waals surface area contributed by atoms with Crippen molar-refractivity contribution in [1.82, 2.24) is 5.32 Å². The van der Waals surface area contributed by atoms with E-state index in [0.717, 1.165) is 24.3 Å². The molecule has 0 aliphatic heterocycles. The molecule has 0 radical (unpaired) electrons. The molecule has 0 aliphatic rings. The molecular formula is C15H11F5N2OS. The summed E-state index contributed by atoms with van der Waals surface area (Å²) >= 11 is 4.93. The number of rotatable bonds is 3. The lowest BCUT2D eigenvalue weighted by Crippen LogP contribution is -2.28. The van der Waals surface area contributed by atoms with Crippen LogP contribution in [0.5, 0.6) is 5.75 Å². The zero-order valence-electron chi connectivity index (χ0n) is 11.9. The third-order valence-corrected chi connectivity index (χ3v) is 3.26. The Kier molecular flexibility index (Phi) is 5.23. The minimum absolute atomic E-state index is 0.0133. The molecular weight excluding hydrogens is 351 g/mol. The number of halogens is 5. The van der Waals surface area contributed by atoms with E-state index in [-0.39, 0.29) is 17.3 Å². The van der Waals surface area contributed by atoms with Crippen LogP contribution in [0, 0.1) is 11.6 Å². The molecule has 24 heavy (non-hydrogen) atoms. The molecule has 9 heteroatoms. The van der Waals surface area contributed by atoms with Crippen molar-refractivity contribution in [2.75, 3.05) is 5.32 Å². The van der Waals surface area contributed by atoms with Crippen molar-refractivity contribution >= 4 is 23.0 Å². The van der Waals surface area contributed by atoms with E-state index in [4.69, 9.17) is 17.3 Å². The van der Waals surface area contributed by atoms with Gasteiger partial charge in [-0.25, -0.2) is 8.78 Å². The first-order chi connectivity index (χ1) is 11.2. The zero-order valence-corrected chi connectivity index (χ0v) is 12.7. The largest absolute Gasteiger partial charge is 0.503 e. The van der Waals surface area contributed by atoms with Crippen LogP contribution >= 0.6 is 12.2 Å². The van der Waals surface area contributed by atoms with Crippen LogP contribution in [0.1, 0.15) is 11.1 Å². The molecule has 0 saturated carbocycles. The summed E-state index contributed by atoms with van der Waals surface area (Å²) < 4.78 is 63.7. The second-order valence-corrected chi connectivity index (χ2v) is 5.20. The first-order valence-electron chi connectivity index (χ1n) is 6.56. The molecule has 0 amide bonds. The first kappa shape index (κ1) is 17.9. The third kappa shape index (κ3) is 4.54. The molecule has 2 rings (SSSR count). The Morgan fingerprint density at radius 1 is 1.04 bits per heavy atom. The van der Waals surface area contributed by atoms with E-state index in [1.54, 1.807) is 0 Å². The molecule has 0 fully saturated rings. The average molecular weight is 362 g/mol. The van der Waals surface area contributed by atoms with Gasteiger partial charge in [0.25, 0.3) is 0 Å². The van der Waals surface area contributed by atoms with Crippen molar-refractivity contribution in [3.63, 3.8) is 0 Å². The van der Waals surface area contributed by atoms with Gasteiger partial charge in [-0.15, -0.1) is 0 Å². The molecule has 0 atom stereocenters. The van der Waals surface area contributed by atoms with Crippen LogP contribution in [-0.4, -0.2) is 10.2 Å². The number of aromatic hydroxyl groups is 1. The molecule has 2 aromatic rings. The lowest BCUT2D eigenvalue weighted by Gasteiger charge is -2.12. The Bertz CT molecular complexity index is 724. The fourth-order valence-corrected chi connectivity index (χ4v) is 2.00. The minimum Gasteiger partial charge on any atom is -0.503 e. The maximum Gasteiger partial charge on any atom is 0.416 e. The van der Waals surface area contributed by atoms with Crippen LogP contribution in [0.15, 0.2) is 36.4 Å². The minimum atomic E-state index is -4.41. The second-order valence-electron chi connectivity index (χ2n) is 4.79. The predicted octanol–water partition coefficient (Wildman–Crippen LogP) is 4.18. The van der Waals surface area contributed by atoms with Crippen LogP contribution < -0.4 is 10.6 Å². The van der Waals surface area contributed by atoms with Gasteiger partial charge in [0.05, 0.1) is 5.56 Å². The van der Waals surface area contributed by atoms with Gasteiger partial charge in [0, 0.05) is 24.4 Å². The van der Waals surface area contributed by atoms with Crippen molar-refractivity contribution in [3.8, 4) is 5.75 Å². The molecule has 0 aromatic heterocycles. The highest BCUT2D eigenvalue weighted by atomic mass is 32.1. The van der Waals surface area contributed by atoms with Gasteiger partial charge in [-0.05, 0) is 29.9 Å². The van der Waals surface area contributed by atoms with Gasteiger partial charge in [0.2, 0.25) is 0 Å². The van der Waals surface area contributed by atoms with E-state index in [2.05, 4.69) is 10.6 Å². The molecule has 0 aliphatic carbocycles. The summed E-state index contributed by atoms with van der Waals surface area (Å²) in [4.78, 5) is 0. The quantitative estimate of drug-likeness (QED) is 0.436. The van der Waals surface area contributed by atoms with Crippen molar-refractivity contribution < 1.29 is 27.1 Å². The molecule has 0 heterocycles. The molecule has 0 saturated heterocycles. The number of alkyl halides is 3. The topological polar surface area (TPSA) is 44.3 Å². The van der Waals surface area contributed by atoms with Crippen LogP contribution in [0.2, 0.25) is 0 Å². The summed E-state index contributed by atoms with van der Waals surface area (Å²) in [5, 5.41) is 14.2. The maximum absolute atomic E-state index is 13.2. The SMILES string of the molecule is Oc1c(F)cc(NC(=S)NCc2ccc(C(F)(F)F)cc2)cc1F. The van der Waals surface area contributed by atoms with Gasteiger partial charge in [-0.1, -0.05) is 12.1 Å². The highest BCUT2D eigenvalue weighted by Crippen LogP contribution is 2.29. The first-order valence-corrected chi connectivity index (χ1v) is 6.96. The van der Waals surface area contributed by atoms with Crippen LogP contribution in [-0.2, 0) is 12.7 Å². The Morgan fingerprint density at radius 3 is 2.08 bits per heavy atom. The van der Waals surface area contributed by atoms with Gasteiger partial charge >= 0.3 is 6.18 Å². The molecule has 3 N–H and O–H groups in total. The molecule has 3 nitrogen and oxygen atoms in total. The fraction of sp³-hybridized carbons (Fsp3) is 0.133. The Hall–Kier alpha value is -2.42. The van der Waals surface area contributed by atoms with E-state index >= 15 is 0 Å². The number of nitrogens with one attached hydrogen (secondary N) is 2. The zero-order chi connectivity index (χ0) is 17.9. The van der Waals surface area contributed by atoms with Crippen molar-refractivity contribution in [1.29, 1.82) is 0 Å². The van der Waals surface area contributed by atoms with Crippen LogP contribution in [0.4, 0.5) is 27.6 Å².